The smallest absolute Gasteiger partial charge is 0.243 e. The highest BCUT2D eigenvalue weighted by atomic mass is 32.2. The third kappa shape index (κ3) is 4.27. The molecule has 2 aliphatic rings. The zero-order chi connectivity index (χ0) is 24.6. The van der Waals surface area contributed by atoms with Crippen molar-refractivity contribution in [2.24, 2.45) is 4.99 Å². The van der Waals surface area contributed by atoms with E-state index in [1.54, 1.807) is 29.2 Å². The number of hydrogen-bond acceptors (Lipinski definition) is 4. The first-order valence-electron chi connectivity index (χ1n) is 11.6. The second-order valence-corrected chi connectivity index (χ2v) is 10.8. The van der Waals surface area contributed by atoms with Gasteiger partial charge in [0, 0.05) is 31.1 Å². The molecular formula is C25H29F2N3O3S. The molecular weight excluding hydrogens is 460 g/mol. The normalized spacial score (nSPS) is 22.4. The number of rotatable bonds is 8. The molecule has 0 spiro atoms. The second-order valence-electron chi connectivity index (χ2n) is 8.83. The van der Waals surface area contributed by atoms with E-state index in [-0.39, 0.29) is 29.2 Å². The fourth-order valence-electron chi connectivity index (χ4n) is 4.88. The molecule has 0 aromatic heterocycles. The molecule has 1 saturated heterocycles. The van der Waals surface area contributed by atoms with E-state index in [0.717, 1.165) is 18.9 Å². The Balaban J connectivity index is 1.62. The number of carbonyl (C=O) groups excluding carboxylic acids is 1. The van der Waals surface area contributed by atoms with Gasteiger partial charge in [0.1, 0.15) is 17.8 Å². The van der Waals surface area contributed by atoms with Crippen LogP contribution in [0.2, 0.25) is 0 Å². The standard InChI is InChI=1S/C25H29F2N3O3S/c1-4-12-29(13-5-2)34(32,33)19-9-6-17(7-10-19)22-15-23(31)30-16(3)24(25(30)28-22)20-11-8-18(26)14-21(20)27/h6-11,14,16,24-25H,4-5,12-13,15H2,1-3H3. The molecule has 0 N–H and O–H groups in total. The summed E-state index contributed by atoms with van der Waals surface area (Å²) in [6, 6.07) is 9.64. The lowest BCUT2D eigenvalue weighted by molar-refractivity contribution is -0.146. The van der Waals surface area contributed by atoms with Crippen molar-refractivity contribution in [1.82, 2.24) is 9.21 Å². The van der Waals surface area contributed by atoms with Crippen molar-refractivity contribution in [3.05, 3.63) is 65.2 Å². The zero-order valence-electron chi connectivity index (χ0n) is 19.5. The average Bonchev–Trinajstić information content (AvgIpc) is 2.80. The minimum absolute atomic E-state index is 0.0867. The molecule has 4 rings (SSSR count). The fraction of sp³-hybridized carbons (Fsp3) is 0.440. The lowest BCUT2D eigenvalue weighted by Gasteiger charge is -2.54. The van der Waals surface area contributed by atoms with Gasteiger partial charge in [-0.15, -0.1) is 0 Å². The maximum absolute atomic E-state index is 14.4. The molecule has 0 saturated carbocycles. The molecule has 1 fully saturated rings. The van der Waals surface area contributed by atoms with Gasteiger partial charge in [-0.05, 0) is 49.1 Å². The van der Waals surface area contributed by atoms with Crippen molar-refractivity contribution < 1.29 is 22.0 Å². The number of amides is 1. The minimum Gasteiger partial charge on any atom is -0.316 e. The van der Waals surface area contributed by atoms with Gasteiger partial charge in [-0.3, -0.25) is 9.79 Å². The van der Waals surface area contributed by atoms with Crippen LogP contribution < -0.4 is 0 Å². The first-order chi connectivity index (χ1) is 16.2. The molecule has 0 radical (unpaired) electrons. The number of halogens is 2. The Bertz CT molecular complexity index is 1210. The number of sulfonamides is 1. The number of hydrogen-bond donors (Lipinski definition) is 0. The van der Waals surface area contributed by atoms with Crippen LogP contribution in [-0.4, -0.2) is 54.5 Å². The van der Waals surface area contributed by atoms with E-state index in [2.05, 4.69) is 0 Å². The number of fused-ring (bicyclic) bond motifs is 1. The highest BCUT2D eigenvalue weighted by Gasteiger charge is 2.52. The van der Waals surface area contributed by atoms with Gasteiger partial charge in [0.2, 0.25) is 15.9 Å². The molecule has 3 unspecified atom stereocenters. The van der Waals surface area contributed by atoms with Crippen LogP contribution in [0.1, 0.15) is 57.1 Å². The second kappa shape index (κ2) is 9.54. The van der Waals surface area contributed by atoms with Gasteiger partial charge in [-0.25, -0.2) is 17.2 Å². The molecule has 6 nitrogen and oxygen atoms in total. The molecule has 2 heterocycles. The van der Waals surface area contributed by atoms with Crippen molar-refractivity contribution in [3.8, 4) is 0 Å². The Morgan fingerprint density at radius 2 is 1.71 bits per heavy atom. The van der Waals surface area contributed by atoms with Crippen LogP contribution in [0.5, 0.6) is 0 Å². The van der Waals surface area contributed by atoms with E-state index in [1.807, 2.05) is 20.8 Å². The summed E-state index contributed by atoms with van der Waals surface area (Å²) in [6.45, 7) is 6.62. The van der Waals surface area contributed by atoms with Crippen LogP contribution in [0.15, 0.2) is 52.4 Å². The van der Waals surface area contributed by atoms with Crippen LogP contribution in [0, 0.1) is 11.6 Å². The number of benzene rings is 2. The van der Waals surface area contributed by atoms with Gasteiger partial charge in [-0.2, -0.15) is 4.31 Å². The molecule has 1 amide bonds. The summed E-state index contributed by atoms with van der Waals surface area (Å²) in [4.78, 5) is 19.4. The van der Waals surface area contributed by atoms with Crippen LogP contribution in [0.4, 0.5) is 8.78 Å². The Morgan fingerprint density at radius 1 is 1.06 bits per heavy atom. The number of aliphatic imine (C=N–C) groups is 1. The molecule has 2 aromatic carbocycles. The molecule has 0 bridgehead atoms. The van der Waals surface area contributed by atoms with Gasteiger partial charge in [0.25, 0.3) is 0 Å². The lowest BCUT2D eigenvalue weighted by atomic mass is 9.78. The predicted octanol–water partition coefficient (Wildman–Crippen LogP) is 4.31. The SMILES string of the molecule is CCCN(CCC)S(=O)(=O)c1ccc(C2=NC3C(c4ccc(F)cc4F)C(C)N3C(=O)C2)cc1. The van der Waals surface area contributed by atoms with Crippen molar-refractivity contribution in [1.29, 1.82) is 0 Å². The first kappa shape index (κ1) is 24.5. The van der Waals surface area contributed by atoms with E-state index in [0.29, 0.717) is 29.9 Å². The van der Waals surface area contributed by atoms with Crippen molar-refractivity contribution in [3.63, 3.8) is 0 Å². The first-order valence-corrected chi connectivity index (χ1v) is 13.1. The predicted molar refractivity (Wildman–Crippen MR) is 126 cm³/mol. The molecule has 2 aromatic rings. The molecule has 9 heteroatoms. The highest BCUT2D eigenvalue weighted by molar-refractivity contribution is 7.89. The summed E-state index contributed by atoms with van der Waals surface area (Å²) in [6.07, 6.45) is 0.966. The molecule has 34 heavy (non-hydrogen) atoms. The van der Waals surface area contributed by atoms with E-state index >= 15 is 0 Å². The van der Waals surface area contributed by atoms with Gasteiger partial charge >= 0.3 is 0 Å². The minimum atomic E-state index is -3.61. The van der Waals surface area contributed by atoms with Crippen LogP contribution >= 0.6 is 0 Å². The monoisotopic (exact) mass is 489 g/mol. The van der Waals surface area contributed by atoms with Crippen molar-refractivity contribution >= 4 is 21.6 Å². The van der Waals surface area contributed by atoms with Gasteiger partial charge in [0.05, 0.1) is 17.0 Å². The zero-order valence-corrected chi connectivity index (χ0v) is 20.4. The molecule has 2 aliphatic heterocycles. The summed E-state index contributed by atoms with van der Waals surface area (Å²) in [5, 5.41) is 0. The Morgan fingerprint density at radius 3 is 2.29 bits per heavy atom. The third-order valence-electron chi connectivity index (χ3n) is 6.55. The molecule has 0 aliphatic carbocycles. The summed E-state index contributed by atoms with van der Waals surface area (Å²) in [5.74, 6) is -1.80. The van der Waals surface area contributed by atoms with Gasteiger partial charge < -0.3 is 4.90 Å². The molecule has 182 valence electrons. The van der Waals surface area contributed by atoms with Crippen molar-refractivity contribution in [2.45, 2.75) is 63.1 Å². The summed E-state index contributed by atoms with van der Waals surface area (Å²) < 4.78 is 55.4. The third-order valence-corrected chi connectivity index (χ3v) is 8.47. The summed E-state index contributed by atoms with van der Waals surface area (Å²) in [7, 11) is -3.61. The number of carbonyl (C=O) groups is 1. The fourth-order valence-corrected chi connectivity index (χ4v) is 6.50. The topological polar surface area (TPSA) is 70.1 Å². The van der Waals surface area contributed by atoms with E-state index < -0.39 is 27.8 Å². The Labute approximate surface area is 199 Å². The summed E-state index contributed by atoms with van der Waals surface area (Å²) in [5.41, 5.74) is 1.53. The Hall–Kier alpha value is -2.65. The largest absolute Gasteiger partial charge is 0.316 e. The highest BCUT2D eigenvalue weighted by Crippen LogP contribution is 2.44. The van der Waals surface area contributed by atoms with Gasteiger partial charge in [0.15, 0.2) is 0 Å². The van der Waals surface area contributed by atoms with Crippen molar-refractivity contribution in [2.75, 3.05) is 13.1 Å². The van der Waals surface area contributed by atoms with E-state index in [4.69, 9.17) is 4.99 Å². The van der Waals surface area contributed by atoms with E-state index in [9.17, 15) is 22.0 Å². The number of nitrogens with zero attached hydrogens (tertiary/aromatic N) is 3. The maximum Gasteiger partial charge on any atom is 0.243 e. The van der Waals surface area contributed by atoms with Gasteiger partial charge in [-0.1, -0.05) is 32.0 Å². The average molecular weight is 490 g/mol. The quantitative estimate of drug-likeness (QED) is 0.555. The van der Waals surface area contributed by atoms with E-state index in [1.165, 1.54) is 16.4 Å². The van der Waals surface area contributed by atoms with Crippen LogP contribution in [-0.2, 0) is 14.8 Å². The summed E-state index contributed by atoms with van der Waals surface area (Å²) >= 11 is 0. The lowest BCUT2D eigenvalue weighted by Crippen LogP contribution is -2.64. The van der Waals surface area contributed by atoms with Crippen LogP contribution in [0.25, 0.3) is 0 Å². The Kier molecular flexibility index (Phi) is 6.87. The van der Waals surface area contributed by atoms with Crippen LogP contribution in [0.3, 0.4) is 0 Å². The maximum atomic E-state index is 14.4. The molecule has 3 atom stereocenters.